The van der Waals surface area contributed by atoms with Crippen LogP contribution >= 0.6 is 0 Å². The van der Waals surface area contributed by atoms with Crippen molar-refractivity contribution in [2.75, 3.05) is 7.05 Å². The number of hydrogen-bond donors (Lipinski definition) is 1. The zero-order chi connectivity index (χ0) is 14.8. The maximum atomic E-state index is 3.24. The van der Waals surface area contributed by atoms with E-state index in [4.69, 9.17) is 0 Å². The van der Waals surface area contributed by atoms with E-state index in [9.17, 15) is 0 Å². The van der Waals surface area contributed by atoms with E-state index in [1.54, 1.807) is 0 Å². The number of rotatable bonds is 4. The second-order valence-electron chi connectivity index (χ2n) is 5.75. The predicted molar refractivity (Wildman–Crippen MR) is 89.7 cm³/mol. The van der Waals surface area contributed by atoms with Crippen LogP contribution in [0.25, 0.3) is 10.9 Å². The highest BCUT2D eigenvalue weighted by Gasteiger charge is 2.07. The lowest BCUT2D eigenvalue weighted by Crippen LogP contribution is -2.05. The van der Waals surface area contributed by atoms with Gasteiger partial charge in [-0.15, -0.1) is 0 Å². The summed E-state index contributed by atoms with van der Waals surface area (Å²) in [5.41, 5.74) is 6.74. The topological polar surface area (TPSA) is 17.0 Å². The third kappa shape index (κ3) is 2.72. The molecule has 0 aliphatic carbocycles. The van der Waals surface area contributed by atoms with Crippen LogP contribution in [0.5, 0.6) is 0 Å². The van der Waals surface area contributed by atoms with Crippen LogP contribution in [-0.2, 0) is 13.1 Å². The largest absolute Gasteiger partial charge is 0.343 e. The summed E-state index contributed by atoms with van der Waals surface area (Å²) in [6, 6.07) is 15.5. The highest BCUT2D eigenvalue weighted by molar-refractivity contribution is 5.83. The van der Waals surface area contributed by atoms with Gasteiger partial charge in [-0.25, -0.2) is 0 Å². The fraction of sp³-hybridized carbons (Fsp3) is 0.263. The lowest BCUT2D eigenvalue weighted by Gasteiger charge is -2.10. The van der Waals surface area contributed by atoms with E-state index in [2.05, 4.69) is 72.4 Å². The first-order chi connectivity index (χ1) is 10.2. The fourth-order valence-electron chi connectivity index (χ4n) is 2.92. The van der Waals surface area contributed by atoms with Gasteiger partial charge >= 0.3 is 0 Å². The first-order valence-corrected chi connectivity index (χ1v) is 7.46. The summed E-state index contributed by atoms with van der Waals surface area (Å²) in [4.78, 5) is 0. The van der Waals surface area contributed by atoms with Crippen molar-refractivity contribution >= 4 is 10.9 Å². The van der Waals surface area contributed by atoms with Gasteiger partial charge in [-0.2, -0.15) is 0 Å². The molecule has 1 N–H and O–H groups in total. The van der Waals surface area contributed by atoms with Crippen molar-refractivity contribution in [3.63, 3.8) is 0 Å². The number of nitrogens with zero attached hydrogens (tertiary/aromatic N) is 1. The molecule has 2 heteroatoms. The lowest BCUT2D eigenvalue weighted by atomic mass is 10.1. The van der Waals surface area contributed by atoms with Gasteiger partial charge in [0.15, 0.2) is 0 Å². The number of fused-ring (bicyclic) bond motifs is 1. The lowest BCUT2D eigenvalue weighted by molar-refractivity contribution is 0.819. The Hall–Kier alpha value is -2.06. The highest BCUT2D eigenvalue weighted by Crippen LogP contribution is 2.22. The molecule has 0 amide bonds. The van der Waals surface area contributed by atoms with Gasteiger partial charge in [-0.05, 0) is 49.7 Å². The molecule has 3 aromatic rings. The molecule has 3 rings (SSSR count). The summed E-state index contributed by atoms with van der Waals surface area (Å²) in [7, 11) is 1.99. The quantitative estimate of drug-likeness (QED) is 0.762. The standard InChI is InChI=1S/C19H22N2/c1-14-7-8-15(2)17(11-14)13-21-10-9-18-16(12-20-3)5-4-6-19(18)21/h4-11,20H,12-13H2,1-3H3. The Balaban J connectivity index is 2.01. The van der Waals surface area contributed by atoms with E-state index >= 15 is 0 Å². The molecule has 2 aromatic carbocycles. The van der Waals surface area contributed by atoms with E-state index in [1.807, 2.05) is 7.05 Å². The number of hydrogen-bond acceptors (Lipinski definition) is 1. The van der Waals surface area contributed by atoms with Crippen LogP contribution in [0.1, 0.15) is 22.3 Å². The van der Waals surface area contributed by atoms with Crippen molar-refractivity contribution in [3.05, 3.63) is 70.9 Å². The van der Waals surface area contributed by atoms with Crippen LogP contribution < -0.4 is 5.32 Å². The third-order valence-electron chi connectivity index (χ3n) is 4.12. The molecule has 0 bridgehead atoms. The molecule has 2 nitrogen and oxygen atoms in total. The maximum absolute atomic E-state index is 3.24. The van der Waals surface area contributed by atoms with Crippen molar-refractivity contribution < 1.29 is 0 Å². The third-order valence-corrected chi connectivity index (χ3v) is 4.12. The van der Waals surface area contributed by atoms with Crippen LogP contribution in [0, 0.1) is 13.8 Å². The first kappa shape index (κ1) is 13.9. The monoisotopic (exact) mass is 278 g/mol. The predicted octanol–water partition coefficient (Wildman–Crippen LogP) is 4.03. The summed E-state index contributed by atoms with van der Waals surface area (Å²) in [6.45, 7) is 6.18. The minimum atomic E-state index is 0.908. The number of benzene rings is 2. The van der Waals surface area contributed by atoms with E-state index in [-0.39, 0.29) is 0 Å². The molecule has 108 valence electrons. The average Bonchev–Trinajstić information content (AvgIpc) is 2.88. The molecule has 1 heterocycles. The highest BCUT2D eigenvalue weighted by atomic mass is 15.0. The Kier molecular flexibility index (Phi) is 3.80. The van der Waals surface area contributed by atoms with E-state index in [0.29, 0.717) is 0 Å². The number of aryl methyl sites for hydroxylation is 2. The number of aromatic nitrogens is 1. The van der Waals surface area contributed by atoms with Crippen LogP contribution in [0.3, 0.4) is 0 Å². The van der Waals surface area contributed by atoms with Crippen LogP contribution in [0.2, 0.25) is 0 Å². The zero-order valence-electron chi connectivity index (χ0n) is 13.0. The van der Waals surface area contributed by atoms with Gasteiger partial charge in [0.1, 0.15) is 0 Å². The van der Waals surface area contributed by atoms with Crippen molar-refractivity contribution in [1.82, 2.24) is 9.88 Å². The molecule has 0 atom stereocenters. The second-order valence-corrected chi connectivity index (χ2v) is 5.75. The Bertz CT molecular complexity index is 768. The molecule has 1 aromatic heterocycles. The van der Waals surface area contributed by atoms with Crippen molar-refractivity contribution in [2.45, 2.75) is 26.9 Å². The summed E-state index contributed by atoms with van der Waals surface area (Å²) < 4.78 is 2.34. The molecule has 0 saturated carbocycles. The van der Waals surface area contributed by atoms with Gasteiger partial charge < -0.3 is 9.88 Å². The molecule has 0 aliphatic heterocycles. The smallest absolute Gasteiger partial charge is 0.0486 e. The van der Waals surface area contributed by atoms with E-state index in [0.717, 1.165) is 13.1 Å². The summed E-state index contributed by atoms with van der Waals surface area (Å²) in [6.07, 6.45) is 2.20. The van der Waals surface area contributed by atoms with Crippen molar-refractivity contribution in [1.29, 1.82) is 0 Å². The van der Waals surface area contributed by atoms with Gasteiger partial charge in [0.05, 0.1) is 0 Å². The molecule has 0 aliphatic rings. The fourth-order valence-corrected chi connectivity index (χ4v) is 2.92. The maximum Gasteiger partial charge on any atom is 0.0486 e. The molecular weight excluding hydrogens is 256 g/mol. The zero-order valence-corrected chi connectivity index (χ0v) is 13.0. The van der Waals surface area contributed by atoms with Crippen LogP contribution in [-0.4, -0.2) is 11.6 Å². The molecular formula is C19H22N2. The molecule has 0 fully saturated rings. The van der Waals surface area contributed by atoms with E-state index in [1.165, 1.54) is 33.2 Å². The van der Waals surface area contributed by atoms with Gasteiger partial charge in [0.2, 0.25) is 0 Å². The molecule has 0 radical (unpaired) electrons. The molecule has 0 spiro atoms. The van der Waals surface area contributed by atoms with Gasteiger partial charge in [-0.3, -0.25) is 0 Å². The summed E-state index contributed by atoms with van der Waals surface area (Å²) >= 11 is 0. The van der Waals surface area contributed by atoms with Crippen molar-refractivity contribution in [3.8, 4) is 0 Å². The normalized spacial score (nSPS) is 11.2. The Morgan fingerprint density at radius 3 is 2.67 bits per heavy atom. The van der Waals surface area contributed by atoms with Crippen LogP contribution in [0.4, 0.5) is 0 Å². The Morgan fingerprint density at radius 1 is 1.00 bits per heavy atom. The number of nitrogens with one attached hydrogen (secondary N) is 1. The SMILES string of the molecule is CNCc1cccc2c1ccn2Cc1cc(C)ccc1C. The minimum absolute atomic E-state index is 0.908. The molecule has 0 saturated heterocycles. The average molecular weight is 278 g/mol. The van der Waals surface area contributed by atoms with Gasteiger partial charge in [0.25, 0.3) is 0 Å². The molecule has 21 heavy (non-hydrogen) atoms. The van der Waals surface area contributed by atoms with E-state index < -0.39 is 0 Å². The van der Waals surface area contributed by atoms with Crippen LogP contribution in [0.15, 0.2) is 48.7 Å². The summed E-state index contributed by atoms with van der Waals surface area (Å²) in [5.74, 6) is 0. The Morgan fingerprint density at radius 2 is 1.86 bits per heavy atom. The summed E-state index contributed by atoms with van der Waals surface area (Å²) in [5, 5.41) is 4.59. The van der Waals surface area contributed by atoms with Crippen molar-refractivity contribution in [2.24, 2.45) is 0 Å². The minimum Gasteiger partial charge on any atom is -0.343 e. The van der Waals surface area contributed by atoms with Gasteiger partial charge in [0, 0.05) is 30.2 Å². The molecule has 0 unspecified atom stereocenters. The Labute approximate surface area is 126 Å². The second kappa shape index (κ2) is 5.74. The van der Waals surface area contributed by atoms with Gasteiger partial charge in [-0.1, -0.05) is 35.9 Å². The first-order valence-electron chi connectivity index (χ1n) is 7.46.